The van der Waals surface area contributed by atoms with Gasteiger partial charge in [-0.25, -0.2) is 0 Å². The van der Waals surface area contributed by atoms with Crippen molar-refractivity contribution in [3.05, 3.63) is 21.4 Å². The van der Waals surface area contributed by atoms with E-state index in [0.29, 0.717) is 18.7 Å². The molecule has 4 nitrogen and oxygen atoms in total. The van der Waals surface area contributed by atoms with Gasteiger partial charge in [0.15, 0.2) is 0 Å². The van der Waals surface area contributed by atoms with Crippen LogP contribution in [-0.4, -0.2) is 25.0 Å². The highest BCUT2D eigenvalue weighted by atomic mass is 32.1. The predicted octanol–water partition coefficient (Wildman–Crippen LogP) is 2.05. The van der Waals surface area contributed by atoms with Crippen molar-refractivity contribution in [1.29, 1.82) is 0 Å². The summed E-state index contributed by atoms with van der Waals surface area (Å²) in [5.41, 5.74) is 0.691. The van der Waals surface area contributed by atoms with E-state index in [0.717, 1.165) is 9.75 Å². The van der Waals surface area contributed by atoms with E-state index in [-0.39, 0.29) is 18.3 Å². The Bertz CT molecular complexity index is 412. The molecule has 5 heteroatoms. The van der Waals surface area contributed by atoms with Crippen LogP contribution < -0.4 is 5.32 Å². The molecule has 1 amide bonds. The van der Waals surface area contributed by atoms with Gasteiger partial charge in [-0.05, 0) is 26.8 Å². The van der Waals surface area contributed by atoms with Crippen LogP contribution in [0, 0.1) is 13.8 Å². The van der Waals surface area contributed by atoms with Gasteiger partial charge in [0.2, 0.25) is 0 Å². The summed E-state index contributed by atoms with van der Waals surface area (Å²) in [6.45, 7) is 6.32. The number of nitrogens with one attached hydrogen (secondary N) is 1. The second kappa shape index (κ2) is 6.39. The lowest BCUT2D eigenvalue weighted by Gasteiger charge is -2.04. The van der Waals surface area contributed by atoms with Crippen LogP contribution in [0.15, 0.2) is 6.07 Å². The van der Waals surface area contributed by atoms with Crippen molar-refractivity contribution in [3.63, 3.8) is 0 Å². The summed E-state index contributed by atoms with van der Waals surface area (Å²) in [4.78, 5) is 24.9. The average Bonchev–Trinajstić information content (AvgIpc) is 2.58. The highest BCUT2D eigenvalue weighted by Gasteiger charge is 2.11. The molecule has 0 unspecified atom stereocenters. The molecule has 1 aromatic heterocycles. The minimum atomic E-state index is -0.286. The maximum atomic E-state index is 11.8. The Labute approximate surface area is 105 Å². The maximum Gasteiger partial charge on any atom is 0.307 e. The van der Waals surface area contributed by atoms with Crippen LogP contribution in [-0.2, 0) is 9.53 Å². The lowest BCUT2D eigenvalue weighted by Crippen LogP contribution is -2.26. The molecule has 0 aromatic carbocycles. The van der Waals surface area contributed by atoms with Gasteiger partial charge in [0.25, 0.3) is 5.91 Å². The van der Waals surface area contributed by atoms with Crippen molar-refractivity contribution < 1.29 is 14.3 Å². The Balaban J connectivity index is 2.40. The molecule has 1 aromatic rings. The molecular formula is C12H17NO3S. The largest absolute Gasteiger partial charge is 0.466 e. The molecule has 0 fully saturated rings. The van der Waals surface area contributed by atoms with Crippen molar-refractivity contribution in [1.82, 2.24) is 5.32 Å². The first-order chi connectivity index (χ1) is 8.04. The third kappa shape index (κ3) is 4.19. The van der Waals surface area contributed by atoms with Crippen molar-refractivity contribution in [2.45, 2.75) is 27.2 Å². The van der Waals surface area contributed by atoms with Crippen molar-refractivity contribution in [2.75, 3.05) is 13.2 Å². The second-order valence-corrected chi connectivity index (χ2v) is 5.10. The highest BCUT2D eigenvalue weighted by molar-refractivity contribution is 7.12. The Morgan fingerprint density at radius 1 is 1.41 bits per heavy atom. The summed E-state index contributed by atoms with van der Waals surface area (Å²) < 4.78 is 4.77. The van der Waals surface area contributed by atoms with E-state index in [1.165, 1.54) is 0 Å². The minimum absolute atomic E-state index is 0.129. The third-order valence-corrected chi connectivity index (χ3v) is 3.17. The Kier molecular flexibility index (Phi) is 5.15. The van der Waals surface area contributed by atoms with E-state index in [4.69, 9.17) is 4.74 Å². The zero-order valence-electron chi connectivity index (χ0n) is 10.3. The number of hydrogen-bond donors (Lipinski definition) is 1. The molecule has 0 aliphatic rings. The van der Waals surface area contributed by atoms with Crippen molar-refractivity contribution in [3.8, 4) is 0 Å². The summed E-state index contributed by atoms with van der Waals surface area (Å²) in [6, 6.07) is 1.86. The molecule has 94 valence electrons. The SMILES string of the molecule is CCOC(=O)CCNC(=O)c1cc(C)sc1C. The molecule has 17 heavy (non-hydrogen) atoms. The van der Waals surface area contributed by atoms with Gasteiger partial charge in [0.05, 0.1) is 18.6 Å². The molecular weight excluding hydrogens is 238 g/mol. The normalized spacial score (nSPS) is 10.1. The molecule has 0 aliphatic carbocycles. The van der Waals surface area contributed by atoms with E-state index in [1.807, 2.05) is 19.9 Å². The van der Waals surface area contributed by atoms with Gasteiger partial charge < -0.3 is 10.1 Å². The number of esters is 1. The summed E-state index contributed by atoms with van der Waals surface area (Å²) in [5, 5.41) is 2.71. The van der Waals surface area contributed by atoms with Crippen LogP contribution in [0.2, 0.25) is 0 Å². The van der Waals surface area contributed by atoms with Crippen LogP contribution in [0.1, 0.15) is 33.5 Å². The number of carbonyl (C=O) groups excluding carboxylic acids is 2. The van der Waals surface area contributed by atoms with Crippen LogP contribution in [0.5, 0.6) is 0 Å². The number of aryl methyl sites for hydroxylation is 2. The molecule has 0 saturated heterocycles. The highest BCUT2D eigenvalue weighted by Crippen LogP contribution is 2.20. The first-order valence-electron chi connectivity index (χ1n) is 5.55. The van der Waals surface area contributed by atoms with E-state index >= 15 is 0 Å². The second-order valence-electron chi connectivity index (χ2n) is 3.64. The molecule has 0 bridgehead atoms. The van der Waals surface area contributed by atoms with Gasteiger partial charge in [0, 0.05) is 16.3 Å². The Morgan fingerprint density at radius 3 is 2.65 bits per heavy atom. The zero-order valence-corrected chi connectivity index (χ0v) is 11.1. The lowest BCUT2D eigenvalue weighted by molar-refractivity contribution is -0.142. The molecule has 0 spiro atoms. The van der Waals surface area contributed by atoms with E-state index in [9.17, 15) is 9.59 Å². The molecule has 0 radical (unpaired) electrons. The topological polar surface area (TPSA) is 55.4 Å². The van der Waals surface area contributed by atoms with Crippen molar-refractivity contribution in [2.24, 2.45) is 0 Å². The molecule has 1 rings (SSSR count). The van der Waals surface area contributed by atoms with Crippen LogP contribution in [0.3, 0.4) is 0 Å². The fraction of sp³-hybridized carbons (Fsp3) is 0.500. The third-order valence-electron chi connectivity index (χ3n) is 2.21. The number of hydrogen-bond acceptors (Lipinski definition) is 4. The van der Waals surface area contributed by atoms with E-state index in [2.05, 4.69) is 5.32 Å². The fourth-order valence-corrected chi connectivity index (χ4v) is 2.38. The summed E-state index contributed by atoms with van der Waals surface area (Å²) in [5.74, 6) is -0.415. The average molecular weight is 255 g/mol. The smallest absolute Gasteiger partial charge is 0.307 e. The quantitative estimate of drug-likeness (QED) is 0.819. The molecule has 1 N–H and O–H groups in total. The first-order valence-corrected chi connectivity index (χ1v) is 6.37. The van der Waals surface area contributed by atoms with Gasteiger partial charge in [-0.2, -0.15) is 0 Å². The summed E-state index contributed by atoms with van der Waals surface area (Å²) >= 11 is 1.59. The molecule has 0 atom stereocenters. The number of amides is 1. The molecule has 0 saturated carbocycles. The summed E-state index contributed by atoms with van der Waals surface area (Å²) in [7, 11) is 0. The number of carbonyl (C=O) groups is 2. The number of thiophene rings is 1. The summed E-state index contributed by atoms with van der Waals surface area (Å²) in [6.07, 6.45) is 0.210. The standard InChI is InChI=1S/C12H17NO3S/c1-4-16-11(14)5-6-13-12(15)10-7-8(2)17-9(10)3/h7H,4-6H2,1-3H3,(H,13,15). The van der Waals surface area contributed by atoms with Crippen LogP contribution >= 0.6 is 11.3 Å². The predicted molar refractivity (Wildman–Crippen MR) is 67.4 cm³/mol. The van der Waals surface area contributed by atoms with E-state index < -0.39 is 0 Å². The van der Waals surface area contributed by atoms with Gasteiger partial charge in [-0.3, -0.25) is 9.59 Å². The lowest BCUT2D eigenvalue weighted by atomic mass is 10.2. The van der Waals surface area contributed by atoms with Gasteiger partial charge >= 0.3 is 5.97 Å². The monoisotopic (exact) mass is 255 g/mol. The van der Waals surface area contributed by atoms with Crippen LogP contribution in [0.25, 0.3) is 0 Å². The zero-order chi connectivity index (χ0) is 12.8. The van der Waals surface area contributed by atoms with Gasteiger partial charge in [0.1, 0.15) is 0 Å². The number of ether oxygens (including phenoxy) is 1. The van der Waals surface area contributed by atoms with E-state index in [1.54, 1.807) is 18.3 Å². The Hall–Kier alpha value is -1.36. The molecule has 0 aliphatic heterocycles. The van der Waals surface area contributed by atoms with Gasteiger partial charge in [-0.1, -0.05) is 0 Å². The van der Waals surface area contributed by atoms with Gasteiger partial charge in [-0.15, -0.1) is 11.3 Å². The Morgan fingerprint density at radius 2 is 2.12 bits per heavy atom. The van der Waals surface area contributed by atoms with Crippen LogP contribution in [0.4, 0.5) is 0 Å². The number of rotatable bonds is 5. The maximum absolute atomic E-state index is 11.8. The van der Waals surface area contributed by atoms with Crippen molar-refractivity contribution >= 4 is 23.2 Å². The first kappa shape index (κ1) is 13.7. The minimum Gasteiger partial charge on any atom is -0.466 e. The molecule has 1 heterocycles. The fourth-order valence-electron chi connectivity index (χ4n) is 1.46.